The lowest BCUT2D eigenvalue weighted by Gasteiger charge is -2.34. The molecule has 2 aromatic rings. The lowest BCUT2D eigenvalue weighted by molar-refractivity contribution is -0.136. The summed E-state index contributed by atoms with van der Waals surface area (Å²) in [6.07, 6.45) is 2.06. The Bertz CT molecular complexity index is 715. The van der Waals surface area contributed by atoms with Crippen LogP contribution in [0.25, 0.3) is 0 Å². The predicted molar refractivity (Wildman–Crippen MR) is 109 cm³/mol. The van der Waals surface area contributed by atoms with Crippen molar-refractivity contribution in [3.05, 3.63) is 65.7 Å². The molecule has 1 saturated heterocycles. The summed E-state index contributed by atoms with van der Waals surface area (Å²) in [5, 5.41) is 0. The lowest BCUT2D eigenvalue weighted by Crippen LogP contribution is -2.43. The maximum absolute atomic E-state index is 12.9. The molecule has 27 heavy (non-hydrogen) atoms. The van der Waals surface area contributed by atoms with E-state index in [0.717, 1.165) is 38.2 Å². The average Bonchev–Trinajstić information content (AvgIpc) is 2.70. The molecular weight excluding hydrogens is 336 g/mol. The van der Waals surface area contributed by atoms with Crippen molar-refractivity contribution >= 4 is 5.91 Å². The number of ether oxygens (including phenoxy) is 1. The van der Waals surface area contributed by atoms with Crippen LogP contribution in [0.5, 0.6) is 5.75 Å². The Morgan fingerprint density at radius 3 is 2.56 bits per heavy atom. The fourth-order valence-corrected chi connectivity index (χ4v) is 3.76. The molecule has 144 valence electrons. The third kappa shape index (κ3) is 5.57. The third-order valence-electron chi connectivity index (χ3n) is 5.13. The van der Waals surface area contributed by atoms with Gasteiger partial charge < -0.3 is 9.64 Å². The van der Waals surface area contributed by atoms with Gasteiger partial charge in [-0.1, -0.05) is 42.5 Å². The van der Waals surface area contributed by atoms with Crippen molar-refractivity contribution in [2.45, 2.75) is 32.9 Å². The Morgan fingerprint density at radius 1 is 1.11 bits per heavy atom. The van der Waals surface area contributed by atoms with Crippen LogP contribution in [-0.4, -0.2) is 42.5 Å². The quantitative estimate of drug-likeness (QED) is 0.744. The van der Waals surface area contributed by atoms with E-state index in [1.165, 1.54) is 11.1 Å². The van der Waals surface area contributed by atoms with Gasteiger partial charge >= 0.3 is 0 Å². The molecule has 4 heteroatoms. The molecule has 0 unspecified atom stereocenters. The van der Waals surface area contributed by atoms with Crippen molar-refractivity contribution in [1.82, 2.24) is 9.80 Å². The zero-order valence-corrected chi connectivity index (χ0v) is 16.4. The summed E-state index contributed by atoms with van der Waals surface area (Å²) >= 11 is 0. The van der Waals surface area contributed by atoms with Crippen LogP contribution >= 0.6 is 0 Å². The van der Waals surface area contributed by atoms with Gasteiger partial charge in [0.05, 0.1) is 12.5 Å². The van der Waals surface area contributed by atoms with Crippen LogP contribution in [0.3, 0.4) is 0 Å². The van der Waals surface area contributed by atoms with Crippen molar-refractivity contribution < 1.29 is 9.53 Å². The summed E-state index contributed by atoms with van der Waals surface area (Å²) < 4.78 is 5.51. The van der Waals surface area contributed by atoms with Gasteiger partial charge in [-0.25, -0.2) is 0 Å². The number of likely N-dealkylation sites (tertiary alicyclic amines) is 1. The molecule has 1 amide bonds. The molecule has 0 bridgehead atoms. The Labute approximate surface area is 162 Å². The van der Waals surface area contributed by atoms with Crippen molar-refractivity contribution in [3.63, 3.8) is 0 Å². The normalized spacial score (nSPS) is 17.5. The Kier molecular flexibility index (Phi) is 6.88. The van der Waals surface area contributed by atoms with Crippen molar-refractivity contribution in [2.75, 3.05) is 26.7 Å². The molecule has 0 N–H and O–H groups in total. The highest BCUT2D eigenvalue weighted by Crippen LogP contribution is 2.22. The average molecular weight is 367 g/mol. The van der Waals surface area contributed by atoms with Crippen LogP contribution in [0, 0.1) is 5.92 Å². The van der Waals surface area contributed by atoms with Crippen LogP contribution < -0.4 is 4.74 Å². The van der Waals surface area contributed by atoms with E-state index >= 15 is 0 Å². The number of hydrogen-bond acceptors (Lipinski definition) is 3. The summed E-state index contributed by atoms with van der Waals surface area (Å²) in [5.41, 5.74) is 2.44. The van der Waals surface area contributed by atoms with E-state index in [0.29, 0.717) is 13.2 Å². The van der Waals surface area contributed by atoms with Gasteiger partial charge in [-0.3, -0.25) is 9.69 Å². The maximum Gasteiger partial charge on any atom is 0.227 e. The first kappa shape index (κ1) is 19.4. The molecule has 0 saturated carbocycles. The number of piperidine rings is 1. The first-order valence-corrected chi connectivity index (χ1v) is 9.88. The summed E-state index contributed by atoms with van der Waals surface area (Å²) in [4.78, 5) is 17.2. The van der Waals surface area contributed by atoms with Gasteiger partial charge in [0.2, 0.25) is 5.91 Å². The van der Waals surface area contributed by atoms with E-state index in [2.05, 4.69) is 29.2 Å². The van der Waals surface area contributed by atoms with Crippen molar-refractivity contribution in [1.29, 1.82) is 0 Å². The zero-order chi connectivity index (χ0) is 19.1. The summed E-state index contributed by atoms with van der Waals surface area (Å²) in [6, 6.07) is 18.5. The number of carbonyl (C=O) groups is 1. The van der Waals surface area contributed by atoms with Crippen LogP contribution in [0.15, 0.2) is 54.6 Å². The Morgan fingerprint density at radius 2 is 1.85 bits per heavy atom. The standard InChI is InChI=1S/C23H30N2O2/c1-3-27-22-13-11-20(12-14-22)17-25-15-7-10-21(18-25)23(26)24(2)16-19-8-5-4-6-9-19/h4-6,8-9,11-14,21H,3,7,10,15-18H2,1-2H3/t21-/m0/s1. The van der Waals surface area contributed by atoms with Gasteiger partial charge in [0.25, 0.3) is 0 Å². The topological polar surface area (TPSA) is 32.8 Å². The largest absolute Gasteiger partial charge is 0.494 e. The SMILES string of the molecule is CCOc1ccc(CN2CCC[C@H](C(=O)N(C)Cc3ccccc3)C2)cc1. The van der Waals surface area contributed by atoms with Gasteiger partial charge in [-0.2, -0.15) is 0 Å². The van der Waals surface area contributed by atoms with Crippen LogP contribution in [0.1, 0.15) is 30.9 Å². The molecule has 2 aromatic carbocycles. The number of benzene rings is 2. The smallest absolute Gasteiger partial charge is 0.227 e. The molecule has 1 fully saturated rings. The van der Waals surface area contributed by atoms with Gasteiger partial charge in [-0.05, 0) is 49.6 Å². The molecule has 0 spiro atoms. The van der Waals surface area contributed by atoms with Crippen LogP contribution in [-0.2, 0) is 17.9 Å². The molecule has 4 nitrogen and oxygen atoms in total. The second-order valence-electron chi connectivity index (χ2n) is 7.33. The van der Waals surface area contributed by atoms with E-state index in [9.17, 15) is 4.79 Å². The summed E-state index contributed by atoms with van der Waals surface area (Å²) in [7, 11) is 1.92. The second kappa shape index (κ2) is 9.56. The van der Waals surface area contributed by atoms with E-state index in [-0.39, 0.29) is 11.8 Å². The van der Waals surface area contributed by atoms with Crippen molar-refractivity contribution in [3.8, 4) is 5.75 Å². The Balaban J connectivity index is 1.54. The van der Waals surface area contributed by atoms with E-state index in [1.54, 1.807) is 0 Å². The number of hydrogen-bond donors (Lipinski definition) is 0. The van der Waals surface area contributed by atoms with Crippen LogP contribution in [0.4, 0.5) is 0 Å². The molecule has 0 radical (unpaired) electrons. The van der Waals surface area contributed by atoms with E-state index in [1.807, 2.05) is 49.2 Å². The highest BCUT2D eigenvalue weighted by molar-refractivity contribution is 5.78. The Hall–Kier alpha value is -2.33. The van der Waals surface area contributed by atoms with E-state index in [4.69, 9.17) is 4.74 Å². The first-order chi connectivity index (χ1) is 13.2. The highest BCUT2D eigenvalue weighted by Gasteiger charge is 2.28. The van der Waals surface area contributed by atoms with Gasteiger partial charge in [-0.15, -0.1) is 0 Å². The summed E-state index contributed by atoms with van der Waals surface area (Å²) in [5.74, 6) is 1.26. The van der Waals surface area contributed by atoms with E-state index < -0.39 is 0 Å². The number of amides is 1. The maximum atomic E-state index is 12.9. The molecule has 1 heterocycles. The van der Waals surface area contributed by atoms with Crippen molar-refractivity contribution in [2.24, 2.45) is 5.92 Å². The predicted octanol–water partition coefficient (Wildman–Crippen LogP) is 3.96. The minimum Gasteiger partial charge on any atom is -0.494 e. The molecular formula is C23H30N2O2. The molecule has 1 atom stereocenters. The molecule has 0 aliphatic carbocycles. The monoisotopic (exact) mass is 366 g/mol. The van der Waals surface area contributed by atoms with Gasteiger partial charge in [0.15, 0.2) is 0 Å². The molecule has 0 aromatic heterocycles. The van der Waals surface area contributed by atoms with Crippen LogP contribution in [0.2, 0.25) is 0 Å². The zero-order valence-electron chi connectivity index (χ0n) is 16.4. The van der Waals surface area contributed by atoms with Gasteiger partial charge in [0, 0.05) is 26.7 Å². The molecule has 1 aliphatic rings. The fourth-order valence-electron chi connectivity index (χ4n) is 3.76. The number of rotatable bonds is 7. The summed E-state index contributed by atoms with van der Waals surface area (Å²) in [6.45, 7) is 6.14. The first-order valence-electron chi connectivity index (χ1n) is 9.88. The third-order valence-corrected chi connectivity index (χ3v) is 5.13. The molecule has 3 rings (SSSR count). The van der Waals surface area contributed by atoms with Gasteiger partial charge in [0.1, 0.15) is 5.75 Å². The number of carbonyl (C=O) groups excluding carboxylic acids is 1. The second-order valence-corrected chi connectivity index (χ2v) is 7.33. The highest BCUT2D eigenvalue weighted by atomic mass is 16.5. The molecule has 1 aliphatic heterocycles. The fraction of sp³-hybridized carbons (Fsp3) is 0.435. The minimum absolute atomic E-state index is 0.0927. The lowest BCUT2D eigenvalue weighted by atomic mass is 9.96. The number of nitrogens with zero attached hydrogens (tertiary/aromatic N) is 2. The minimum atomic E-state index is 0.0927.